The quantitative estimate of drug-likeness (QED) is 0.0775. The van der Waals surface area contributed by atoms with Crippen molar-refractivity contribution in [3.63, 3.8) is 0 Å². The van der Waals surface area contributed by atoms with Crippen molar-refractivity contribution in [1.29, 1.82) is 0 Å². The highest BCUT2D eigenvalue weighted by atomic mass is 16.1. The monoisotopic (exact) mass is 812 g/mol. The lowest BCUT2D eigenvalue weighted by molar-refractivity contribution is 0.0915. The second-order valence-corrected chi connectivity index (χ2v) is 14.6. The lowest BCUT2D eigenvalue weighted by Gasteiger charge is -2.44. The molecule has 0 radical (unpaired) electrons. The van der Waals surface area contributed by atoms with Crippen LogP contribution < -0.4 is 0 Å². The van der Waals surface area contributed by atoms with Gasteiger partial charge in [0.2, 0.25) is 42.6 Å². The van der Waals surface area contributed by atoms with Crippen LogP contribution in [0.25, 0.3) is 0 Å². The zero-order valence-corrected chi connectivity index (χ0v) is 34.3. The SMILES string of the molecule is C=C=NCCCCCCN=C=O.CC1(C)CC(N=C=O)CC(C)(CN=C=O)C1.Cc1ccc(N=C=O)cc1N=C=O.O=C=Nc1ccc(Cc2cccc(N=C=O)c2)cc1. The minimum atomic E-state index is -0.0653. The van der Waals surface area contributed by atoms with Gasteiger partial charge >= 0.3 is 0 Å². The smallest absolute Gasteiger partial charge is 0.240 e. The zero-order valence-electron chi connectivity index (χ0n) is 34.3. The van der Waals surface area contributed by atoms with Gasteiger partial charge in [-0.05, 0) is 122 Å². The number of rotatable bonds is 16. The summed E-state index contributed by atoms with van der Waals surface area (Å²) in [6.45, 7) is 13.4. The Hall–Kier alpha value is -7.23. The van der Waals surface area contributed by atoms with E-state index >= 15 is 0 Å². The van der Waals surface area contributed by atoms with Crippen molar-refractivity contribution in [3.8, 4) is 0 Å². The maximum absolute atomic E-state index is 10.3. The summed E-state index contributed by atoms with van der Waals surface area (Å²) in [6.07, 6.45) is 18.2. The molecule has 0 saturated heterocycles. The first-order valence-electron chi connectivity index (χ1n) is 18.8. The molecular weight excluding hydrogens is 765 g/mol. The number of carbonyl (C=O) groups excluding carboxylic acids is 7. The molecule has 1 saturated carbocycles. The number of unbranched alkanes of at least 4 members (excludes halogenated alkanes) is 3. The number of hydrogen-bond acceptors (Lipinski definition) is 15. The summed E-state index contributed by atoms with van der Waals surface area (Å²) in [5.74, 6) is 2.48. The van der Waals surface area contributed by atoms with E-state index in [-0.39, 0.29) is 16.9 Å². The Labute approximate surface area is 349 Å². The molecule has 1 aliphatic rings. The Balaban J connectivity index is 0.000000407. The molecule has 2 atom stereocenters. The van der Waals surface area contributed by atoms with Gasteiger partial charge in [-0.1, -0.05) is 63.9 Å². The van der Waals surface area contributed by atoms with Gasteiger partial charge in [-0.25, -0.2) is 53.5 Å². The topological polar surface area (TPSA) is 218 Å². The third-order valence-electron chi connectivity index (χ3n) is 8.79. The van der Waals surface area contributed by atoms with Gasteiger partial charge in [0.1, 0.15) is 0 Å². The Kier molecular flexibility index (Phi) is 25.3. The molecule has 4 rings (SSSR count). The van der Waals surface area contributed by atoms with Crippen LogP contribution >= 0.6 is 0 Å². The third kappa shape index (κ3) is 22.5. The highest BCUT2D eigenvalue weighted by Crippen LogP contribution is 2.47. The first-order valence-corrected chi connectivity index (χ1v) is 18.8. The molecular formula is C45H48N8O7. The number of nitrogens with zero attached hydrogens (tertiary/aromatic N) is 8. The van der Waals surface area contributed by atoms with Crippen LogP contribution in [0, 0.1) is 17.8 Å². The van der Waals surface area contributed by atoms with Crippen LogP contribution in [0.4, 0.5) is 22.7 Å². The van der Waals surface area contributed by atoms with Crippen LogP contribution in [0.2, 0.25) is 0 Å². The lowest BCUT2D eigenvalue weighted by Crippen LogP contribution is -2.39. The van der Waals surface area contributed by atoms with Gasteiger partial charge in [-0.15, -0.1) is 0 Å². The van der Waals surface area contributed by atoms with Gasteiger partial charge < -0.3 is 0 Å². The van der Waals surface area contributed by atoms with Crippen LogP contribution in [0.5, 0.6) is 0 Å². The predicted octanol–water partition coefficient (Wildman–Crippen LogP) is 9.12. The van der Waals surface area contributed by atoms with Crippen molar-refractivity contribution < 1.29 is 33.6 Å². The summed E-state index contributed by atoms with van der Waals surface area (Å²) >= 11 is 0. The van der Waals surface area contributed by atoms with Gasteiger partial charge in [0, 0.05) is 6.54 Å². The summed E-state index contributed by atoms with van der Waals surface area (Å²) in [5, 5.41) is 0. The molecule has 0 N–H and O–H groups in total. The summed E-state index contributed by atoms with van der Waals surface area (Å²) in [5.41, 5.74) is 5.07. The second kappa shape index (κ2) is 29.9. The van der Waals surface area contributed by atoms with Crippen molar-refractivity contribution in [2.75, 3.05) is 19.6 Å². The molecule has 1 fully saturated rings. The Morgan fingerprint density at radius 3 is 1.77 bits per heavy atom. The average molecular weight is 813 g/mol. The van der Waals surface area contributed by atoms with Crippen molar-refractivity contribution in [2.24, 2.45) is 50.8 Å². The van der Waals surface area contributed by atoms with E-state index in [1.54, 1.807) is 49.4 Å². The number of benzene rings is 3. The molecule has 15 nitrogen and oxygen atoms in total. The molecule has 310 valence electrons. The fourth-order valence-corrected chi connectivity index (χ4v) is 6.60. The fourth-order valence-electron chi connectivity index (χ4n) is 6.60. The molecule has 0 amide bonds. The first-order chi connectivity index (χ1) is 28.9. The normalized spacial score (nSPS) is 15.0. The predicted molar refractivity (Wildman–Crippen MR) is 228 cm³/mol. The Morgan fingerprint density at radius 1 is 0.600 bits per heavy atom. The summed E-state index contributed by atoms with van der Waals surface area (Å²) in [7, 11) is 0. The lowest BCUT2D eigenvalue weighted by atomic mass is 9.63. The average Bonchev–Trinajstić information content (AvgIpc) is 3.21. The molecule has 0 bridgehead atoms. The van der Waals surface area contributed by atoms with Crippen molar-refractivity contribution in [3.05, 3.63) is 90.0 Å². The van der Waals surface area contributed by atoms with E-state index in [1.807, 2.05) is 30.3 Å². The molecule has 60 heavy (non-hydrogen) atoms. The van der Waals surface area contributed by atoms with Gasteiger partial charge in [-0.2, -0.15) is 20.0 Å². The molecule has 0 aromatic heterocycles. The number of isocyanates is 7. The zero-order chi connectivity index (χ0) is 44.5. The van der Waals surface area contributed by atoms with E-state index in [0.29, 0.717) is 42.3 Å². The van der Waals surface area contributed by atoms with Crippen LogP contribution in [-0.2, 0) is 40.0 Å². The van der Waals surface area contributed by atoms with E-state index in [2.05, 4.69) is 73.2 Å². The minimum absolute atomic E-state index is 0.00750. The number of aryl methyl sites for hydroxylation is 1. The van der Waals surface area contributed by atoms with Crippen molar-refractivity contribution >= 4 is 71.2 Å². The highest BCUT2D eigenvalue weighted by Gasteiger charge is 2.41. The molecule has 0 aliphatic heterocycles. The second-order valence-electron chi connectivity index (χ2n) is 14.6. The molecule has 1 aliphatic carbocycles. The van der Waals surface area contributed by atoms with Crippen LogP contribution in [-0.4, -0.2) is 74.1 Å². The summed E-state index contributed by atoms with van der Waals surface area (Å²) in [6, 6.07) is 19.6. The molecule has 3 aromatic carbocycles. The fraction of sp³-hybridized carbons (Fsp3) is 0.400. The maximum Gasteiger partial charge on any atom is 0.240 e. The van der Waals surface area contributed by atoms with E-state index in [0.717, 1.165) is 68.2 Å². The van der Waals surface area contributed by atoms with E-state index in [4.69, 9.17) is 0 Å². The molecule has 15 heteroatoms. The Morgan fingerprint density at radius 2 is 1.18 bits per heavy atom. The van der Waals surface area contributed by atoms with E-state index < -0.39 is 0 Å². The highest BCUT2D eigenvalue weighted by molar-refractivity contribution is 5.61. The van der Waals surface area contributed by atoms with Crippen molar-refractivity contribution in [2.45, 2.75) is 85.1 Å². The first kappa shape index (κ1) is 50.8. The third-order valence-corrected chi connectivity index (χ3v) is 8.79. The molecule has 2 unspecified atom stereocenters. The Bertz CT molecular complexity index is 2200. The number of aliphatic imine (C=N–C) groups is 8. The largest absolute Gasteiger partial charge is 0.244 e. The van der Waals surface area contributed by atoms with Gasteiger partial charge in [0.05, 0.1) is 41.9 Å². The maximum atomic E-state index is 10.3. The van der Waals surface area contributed by atoms with Crippen LogP contribution in [0.1, 0.15) is 82.4 Å². The minimum Gasteiger partial charge on any atom is -0.244 e. The summed E-state index contributed by atoms with van der Waals surface area (Å²) in [4.78, 5) is 99.2. The molecule has 0 spiro atoms. The van der Waals surface area contributed by atoms with Gasteiger partial charge in [-0.3, -0.25) is 0 Å². The standard InChI is InChI=1S/C15H10N2O2.C12H18N2O2.C9H6N2O2.C9H14N2O/c18-10-16-14-6-4-12(5-7-14)8-13-2-1-3-15(9-13)17-11-19;1-11(2)4-10(14-9-16)5-12(3,6-11)7-13-8-15;1-7-2-3-8(10-5-12)4-9(7)11-6-13;1-2-10-7-5-3-4-6-8-11-9-12/h1-7,9H,8H2;10H,4-7H2,1-3H3;2-4H,1H3;1,3-8H2. The number of hydrogen-bond donors (Lipinski definition) is 0. The van der Waals surface area contributed by atoms with Crippen LogP contribution in [0.3, 0.4) is 0 Å². The summed E-state index contributed by atoms with van der Waals surface area (Å²) < 4.78 is 0. The van der Waals surface area contributed by atoms with E-state index in [1.165, 1.54) is 36.5 Å². The molecule has 0 heterocycles. The molecule has 3 aromatic rings. The van der Waals surface area contributed by atoms with Gasteiger partial charge in [0.15, 0.2) is 0 Å². The van der Waals surface area contributed by atoms with E-state index in [9.17, 15) is 33.6 Å². The van der Waals surface area contributed by atoms with Gasteiger partial charge in [0.25, 0.3) is 0 Å². The van der Waals surface area contributed by atoms with Crippen molar-refractivity contribution in [1.82, 2.24) is 0 Å². The van der Waals surface area contributed by atoms with Crippen LogP contribution in [0.15, 0.2) is 113 Å².